The molecule has 10 aromatic carbocycles. The van der Waals surface area contributed by atoms with Crippen molar-refractivity contribution >= 4 is 64.2 Å². The average Bonchev–Trinajstić information content (AvgIpc) is 3.99. The molecule has 0 unspecified atom stereocenters. The van der Waals surface area contributed by atoms with Crippen LogP contribution in [0, 0.1) is 0 Å². The SMILES string of the molecule is c1ccc(-c2cccc(-c3ccc(-c4nc(-c5cccc(-c6cccc7c6sc6c8ccccc8ccc76)c5)nc(-c5cccc6oc7cccc(-c8ccccc8)c7c56)n4)cc3)c2)cc1. The standard InChI is InChI=1S/C61H37N3OS/c1-3-14-38(15-4-1)43-19-9-20-44(36-43)39-30-32-42(33-31-39)59-62-60(64-61(63-59)52-27-13-29-54-56(52)55-47(24-12-28-53(55)65-54)40-16-5-2-6-17-40)46-22-10-21-45(37-46)49-25-11-26-50-51-35-34-41-18-7-8-23-48(41)57(51)66-58(49)50/h1-37H. The molecule has 13 aromatic rings. The first-order valence-corrected chi connectivity index (χ1v) is 23.0. The molecular formula is C61H37N3OS. The topological polar surface area (TPSA) is 51.8 Å². The molecule has 0 saturated carbocycles. The predicted molar refractivity (Wildman–Crippen MR) is 276 cm³/mol. The van der Waals surface area contributed by atoms with Gasteiger partial charge in [-0.2, -0.15) is 0 Å². The molecule has 66 heavy (non-hydrogen) atoms. The third-order valence-corrected chi connectivity index (χ3v) is 14.0. The molecule has 5 heteroatoms. The van der Waals surface area contributed by atoms with Crippen molar-refractivity contribution < 1.29 is 4.42 Å². The van der Waals surface area contributed by atoms with E-state index in [0.717, 1.165) is 66.4 Å². The highest BCUT2D eigenvalue weighted by Gasteiger charge is 2.21. The van der Waals surface area contributed by atoms with Crippen molar-refractivity contribution in [3.8, 4) is 78.7 Å². The van der Waals surface area contributed by atoms with Crippen LogP contribution in [0.25, 0.3) is 132 Å². The lowest BCUT2D eigenvalue weighted by molar-refractivity contribution is 0.669. The summed E-state index contributed by atoms with van der Waals surface area (Å²) in [5.74, 6) is 1.77. The van der Waals surface area contributed by atoms with E-state index in [4.69, 9.17) is 19.4 Å². The number of nitrogens with zero attached hydrogens (tertiary/aromatic N) is 3. The van der Waals surface area contributed by atoms with Gasteiger partial charge in [-0.05, 0) is 79.5 Å². The van der Waals surface area contributed by atoms with Crippen LogP contribution in [0.3, 0.4) is 0 Å². The fourth-order valence-electron chi connectivity index (χ4n) is 9.57. The molecule has 0 fully saturated rings. The second kappa shape index (κ2) is 15.6. The highest BCUT2D eigenvalue weighted by atomic mass is 32.1. The van der Waals surface area contributed by atoms with Crippen LogP contribution in [0.1, 0.15) is 0 Å². The Bertz CT molecular complexity index is 3990. The summed E-state index contributed by atoms with van der Waals surface area (Å²) in [5, 5.41) is 7.09. The largest absolute Gasteiger partial charge is 0.456 e. The first kappa shape index (κ1) is 38.0. The normalized spacial score (nSPS) is 11.6. The van der Waals surface area contributed by atoms with E-state index < -0.39 is 0 Å². The predicted octanol–water partition coefficient (Wildman–Crippen LogP) is 17.0. The van der Waals surface area contributed by atoms with Crippen LogP contribution in [-0.2, 0) is 0 Å². The number of hydrogen-bond acceptors (Lipinski definition) is 5. The van der Waals surface area contributed by atoms with Gasteiger partial charge in [-0.15, -0.1) is 11.3 Å². The van der Waals surface area contributed by atoms with Crippen LogP contribution in [-0.4, -0.2) is 15.0 Å². The zero-order valence-corrected chi connectivity index (χ0v) is 36.3. The summed E-state index contributed by atoms with van der Waals surface area (Å²) >= 11 is 1.86. The smallest absolute Gasteiger partial charge is 0.164 e. The fourth-order valence-corrected chi connectivity index (χ4v) is 10.9. The van der Waals surface area contributed by atoms with Gasteiger partial charge in [0.1, 0.15) is 11.2 Å². The van der Waals surface area contributed by atoms with Crippen LogP contribution >= 0.6 is 11.3 Å². The van der Waals surface area contributed by atoms with E-state index in [9.17, 15) is 0 Å². The zero-order chi connectivity index (χ0) is 43.6. The van der Waals surface area contributed by atoms with E-state index in [1.165, 1.54) is 47.6 Å². The minimum Gasteiger partial charge on any atom is -0.456 e. The summed E-state index contributed by atoms with van der Waals surface area (Å²) in [4.78, 5) is 15.9. The first-order valence-electron chi connectivity index (χ1n) is 22.2. The van der Waals surface area contributed by atoms with Gasteiger partial charge in [-0.25, -0.2) is 15.0 Å². The summed E-state index contributed by atoms with van der Waals surface area (Å²) in [6.07, 6.45) is 0. The van der Waals surface area contributed by atoms with Crippen molar-refractivity contribution in [2.24, 2.45) is 0 Å². The van der Waals surface area contributed by atoms with Gasteiger partial charge < -0.3 is 4.42 Å². The maximum Gasteiger partial charge on any atom is 0.164 e. The summed E-state index contributed by atoms with van der Waals surface area (Å²) in [6.45, 7) is 0. The maximum atomic E-state index is 6.57. The Morgan fingerprint density at radius 1 is 0.288 bits per heavy atom. The number of benzene rings is 10. The molecule has 0 aliphatic rings. The van der Waals surface area contributed by atoms with Crippen molar-refractivity contribution in [1.29, 1.82) is 0 Å². The molecule has 13 rings (SSSR count). The van der Waals surface area contributed by atoms with Crippen molar-refractivity contribution in [3.63, 3.8) is 0 Å². The van der Waals surface area contributed by atoms with Gasteiger partial charge in [-0.3, -0.25) is 0 Å². The lowest BCUT2D eigenvalue weighted by Crippen LogP contribution is -2.00. The van der Waals surface area contributed by atoms with Gasteiger partial charge in [0, 0.05) is 47.6 Å². The number of hydrogen-bond donors (Lipinski definition) is 0. The molecule has 0 aliphatic carbocycles. The molecular weight excluding hydrogens is 823 g/mol. The first-order chi connectivity index (χ1) is 32.7. The second-order valence-electron chi connectivity index (χ2n) is 16.7. The highest BCUT2D eigenvalue weighted by Crippen LogP contribution is 2.44. The summed E-state index contributed by atoms with van der Waals surface area (Å²) in [5.41, 5.74) is 13.4. The molecule has 4 nitrogen and oxygen atoms in total. The Morgan fingerprint density at radius 3 is 1.56 bits per heavy atom. The van der Waals surface area contributed by atoms with Crippen molar-refractivity contribution in [1.82, 2.24) is 15.0 Å². The zero-order valence-electron chi connectivity index (χ0n) is 35.5. The Hall–Kier alpha value is -8.51. The number of aromatic nitrogens is 3. The number of furan rings is 1. The molecule has 0 amide bonds. The Morgan fingerprint density at radius 2 is 0.788 bits per heavy atom. The molecule has 0 bridgehead atoms. The van der Waals surface area contributed by atoms with E-state index >= 15 is 0 Å². The van der Waals surface area contributed by atoms with Gasteiger partial charge in [0.2, 0.25) is 0 Å². The van der Waals surface area contributed by atoms with Crippen molar-refractivity contribution in [3.05, 3.63) is 224 Å². The van der Waals surface area contributed by atoms with E-state index in [2.05, 4.69) is 200 Å². The summed E-state index contributed by atoms with van der Waals surface area (Å²) < 4.78 is 9.15. The molecule has 0 radical (unpaired) electrons. The molecule has 3 aromatic heterocycles. The molecule has 0 aliphatic heterocycles. The third-order valence-electron chi connectivity index (χ3n) is 12.8. The Kier molecular flexibility index (Phi) is 9.00. The highest BCUT2D eigenvalue weighted by molar-refractivity contribution is 7.27. The van der Waals surface area contributed by atoms with Crippen LogP contribution in [0.5, 0.6) is 0 Å². The minimum absolute atomic E-state index is 0.578. The molecule has 308 valence electrons. The van der Waals surface area contributed by atoms with E-state index in [0.29, 0.717) is 17.5 Å². The molecule has 0 atom stereocenters. The van der Waals surface area contributed by atoms with Crippen molar-refractivity contribution in [2.75, 3.05) is 0 Å². The molecule has 0 N–H and O–H groups in total. The van der Waals surface area contributed by atoms with E-state index in [-0.39, 0.29) is 0 Å². The van der Waals surface area contributed by atoms with Crippen LogP contribution in [0.4, 0.5) is 0 Å². The summed E-state index contributed by atoms with van der Waals surface area (Å²) in [6, 6.07) is 79.1. The average molecular weight is 860 g/mol. The minimum atomic E-state index is 0.578. The van der Waals surface area contributed by atoms with Crippen LogP contribution in [0.2, 0.25) is 0 Å². The monoisotopic (exact) mass is 859 g/mol. The van der Waals surface area contributed by atoms with Gasteiger partial charge in [0.15, 0.2) is 17.5 Å². The van der Waals surface area contributed by atoms with Gasteiger partial charge >= 0.3 is 0 Å². The maximum absolute atomic E-state index is 6.57. The lowest BCUT2D eigenvalue weighted by atomic mass is 9.97. The summed E-state index contributed by atoms with van der Waals surface area (Å²) in [7, 11) is 0. The fraction of sp³-hybridized carbons (Fsp3) is 0. The molecule has 0 spiro atoms. The molecule has 0 saturated heterocycles. The van der Waals surface area contributed by atoms with Gasteiger partial charge in [0.25, 0.3) is 0 Å². The third kappa shape index (κ3) is 6.48. The lowest BCUT2D eigenvalue weighted by Gasteiger charge is -2.12. The van der Waals surface area contributed by atoms with Crippen LogP contribution in [0.15, 0.2) is 229 Å². The van der Waals surface area contributed by atoms with Crippen LogP contribution < -0.4 is 0 Å². The van der Waals surface area contributed by atoms with E-state index in [1.807, 2.05) is 35.6 Å². The quantitative estimate of drug-likeness (QED) is 0.160. The number of rotatable bonds is 7. The van der Waals surface area contributed by atoms with E-state index in [1.54, 1.807) is 0 Å². The number of thiophene rings is 1. The second-order valence-corrected chi connectivity index (χ2v) is 17.7. The Labute approximate surface area is 384 Å². The van der Waals surface area contributed by atoms with Gasteiger partial charge in [0.05, 0.1) is 0 Å². The van der Waals surface area contributed by atoms with Gasteiger partial charge in [-0.1, -0.05) is 200 Å². The number of fused-ring (bicyclic) bond motifs is 8. The molecule has 3 heterocycles. The van der Waals surface area contributed by atoms with Crippen molar-refractivity contribution in [2.45, 2.75) is 0 Å². The Balaban J connectivity index is 0.980.